The number of carboxylic acid groups (broad SMARTS) is 1. The molecule has 0 saturated carbocycles. The van der Waals surface area contributed by atoms with Gasteiger partial charge in [-0.05, 0) is 60.9 Å². The van der Waals surface area contributed by atoms with E-state index in [2.05, 4.69) is 9.97 Å². The first-order valence-electron chi connectivity index (χ1n) is 9.72. The predicted octanol–water partition coefficient (Wildman–Crippen LogP) is 3.89. The van der Waals surface area contributed by atoms with Gasteiger partial charge in [-0.1, -0.05) is 12.1 Å². The Labute approximate surface area is 184 Å². The molecule has 0 aliphatic carbocycles. The number of pyridine rings is 1. The van der Waals surface area contributed by atoms with Gasteiger partial charge in [-0.3, -0.25) is 9.78 Å². The molecule has 4 aromatic rings. The van der Waals surface area contributed by atoms with E-state index in [1.807, 2.05) is 0 Å². The largest absolute Gasteiger partial charge is 0.480 e. The molecule has 2 aromatic heterocycles. The molecule has 2 aromatic carbocycles. The summed E-state index contributed by atoms with van der Waals surface area (Å²) in [6.45, 7) is 3.60. The van der Waals surface area contributed by atoms with Crippen molar-refractivity contribution in [2.24, 2.45) is 5.73 Å². The number of aromatic nitrogens is 2. The van der Waals surface area contributed by atoms with Crippen LogP contribution >= 0.6 is 0 Å². The van der Waals surface area contributed by atoms with Crippen LogP contribution in [0.4, 0.5) is 0 Å². The van der Waals surface area contributed by atoms with Crippen LogP contribution in [0.15, 0.2) is 70.8 Å². The SMILES string of the molecule is Cc1cc(C(N)C(=O)O)cc(C)c1Oc1ccc2[nH]cc(S(=O)(=O)c3ccncc3)c2c1. The smallest absolute Gasteiger partial charge is 0.325 e. The Bertz CT molecular complexity index is 1410. The number of hydrogen-bond donors (Lipinski definition) is 3. The van der Waals surface area contributed by atoms with E-state index in [1.165, 1.54) is 30.7 Å². The Morgan fingerprint density at radius 1 is 1.09 bits per heavy atom. The lowest BCUT2D eigenvalue weighted by Crippen LogP contribution is -2.20. The summed E-state index contributed by atoms with van der Waals surface area (Å²) in [4.78, 5) is 18.4. The number of carbonyl (C=O) groups is 1. The van der Waals surface area contributed by atoms with E-state index >= 15 is 0 Å². The van der Waals surface area contributed by atoms with Crippen molar-refractivity contribution >= 4 is 26.7 Å². The van der Waals surface area contributed by atoms with Crippen LogP contribution < -0.4 is 10.5 Å². The zero-order valence-corrected chi connectivity index (χ0v) is 18.2. The lowest BCUT2D eigenvalue weighted by Gasteiger charge is -2.16. The number of aromatic amines is 1. The Morgan fingerprint density at radius 3 is 2.38 bits per heavy atom. The molecule has 0 spiro atoms. The molecule has 0 fully saturated rings. The Kier molecular flexibility index (Phi) is 5.45. The highest BCUT2D eigenvalue weighted by Gasteiger charge is 2.22. The number of aryl methyl sites for hydroxylation is 2. The molecule has 4 N–H and O–H groups in total. The Balaban J connectivity index is 1.73. The Hall–Kier alpha value is -3.69. The second-order valence-electron chi connectivity index (χ2n) is 7.45. The summed E-state index contributed by atoms with van der Waals surface area (Å²) in [7, 11) is -3.75. The minimum absolute atomic E-state index is 0.139. The molecule has 0 aliphatic rings. The van der Waals surface area contributed by atoms with Crippen molar-refractivity contribution in [3.63, 3.8) is 0 Å². The summed E-state index contributed by atoms with van der Waals surface area (Å²) in [6, 6.07) is 10.3. The molecule has 0 saturated heterocycles. The summed E-state index contributed by atoms with van der Waals surface area (Å²) < 4.78 is 32.3. The second-order valence-corrected chi connectivity index (χ2v) is 9.37. The average Bonchev–Trinajstić information content (AvgIpc) is 3.20. The number of nitrogens with zero attached hydrogens (tertiary/aromatic N) is 1. The zero-order valence-electron chi connectivity index (χ0n) is 17.4. The number of sulfone groups is 1. The van der Waals surface area contributed by atoms with Gasteiger partial charge in [0.15, 0.2) is 0 Å². The molecule has 0 radical (unpaired) electrons. The minimum atomic E-state index is -3.75. The summed E-state index contributed by atoms with van der Waals surface area (Å²) in [6.07, 6.45) is 4.33. The summed E-state index contributed by atoms with van der Waals surface area (Å²) in [5.41, 5.74) is 8.30. The van der Waals surface area contributed by atoms with Crippen molar-refractivity contribution in [1.82, 2.24) is 9.97 Å². The first kappa shape index (κ1) is 21.5. The van der Waals surface area contributed by atoms with E-state index in [0.717, 1.165) is 11.1 Å². The van der Waals surface area contributed by atoms with Crippen LogP contribution in [0.5, 0.6) is 11.5 Å². The number of hydrogen-bond acceptors (Lipinski definition) is 6. The fraction of sp³-hybridized carbons (Fsp3) is 0.130. The van der Waals surface area contributed by atoms with Crippen LogP contribution in [-0.4, -0.2) is 29.5 Å². The lowest BCUT2D eigenvalue weighted by molar-refractivity contribution is -0.138. The molecule has 9 heteroatoms. The number of ether oxygens (including phenoxy) is 1. The highest BCUT2D eigenvalue weighted by molar-refractivity contribution is 7.91. The standard InChI is InChI=1S/C23H21N3O5S/c1-13-9-15(21(24)23(27)28)10-14(2)22(13)31-16-3-4-19-18(11-16)20(12-26-19)32(29,30)17-5-7-25-8-6-17/h3-12,21,26H,24H2,1-2H3,(H,27,28). The third-order valence-corrected chi connectivity index (χ3v) is 7.00. The predicted molar refractivity (Wildman–Crippen MR) is 119 cm³/mol. The molecule has 2 heterocycles. The maximum absolute atomic E-state index is 13.1. The van der Waals surface area contributed by atoms with Gasteiger partial charge in [-0.2, -0.15) is 0 Å². The fourth-order valence-corrected chi connectivity index (χ4v) is 5.00. The van der Waals surface area contributed by atoms with Crippen LogP contribution in [0.1, 0.15) is 22.7 Å². The molecule has 164 valence electrons. The third-order valence-electron chi connectivity index (χ3n) is 5.19. The monoisotopic (exact) mass is 451 g/mol. The fourth-order valence-electron chi connectivity index (χ4n) is 3.59. The number of aliphatic carboxylic acids is 1. The van der Waals surface area contributed by atoms with E-state index in [1.54, 1.807) is 44.2 Å². The van der Waals surface area contributed by atoms with Crippen molar-refractivity contribution in [3.8, 4) is 11.5 Å². The first-order valence-corrected chi connectivity index (χ1v) is 11.2. The highest BCUT2D eigenvalue weighted by atomic mass is 32.2. The topological polar surface area (TPSA) is 135 Å². The third kappa shape index (κ3) is 3.83. The maximum atomic E-state index is 13.1. The van der Waals surface area contributed by atoms with Gasteiger partial charge in [0, 0.05) is 29.5 Å². The Morgan fingerprint density at radius 2 is 1.75 bits per heavy atom. The van der Waals surface area contributed by atoms with Crippen molar-refractivity contribution in [3.05, 3.63) is 77.7 Å². The molecule has 1 unspecified atom stereocenters. The van der Waals surface area contributed by atoms with Crippen LogP contribution in [-0.2, 0) is 14.6 Å². The number of H-pyrrole nitrogens is 1. The van der Waals surface area contributed by atoms with E-state index in [0.29, 0.717) is 28.0 Å². The zero-order chi connectivity index (χ0) is 23.0. The number of nitrogens with two attached hydrogens (primary N) is 1. The summed E-state index contributed by atoms with van der Waals surface area (Å²) in [5, 5.41) is 9.66. The molecule has 32 heavy (non-hydrogen) atoms. The average molecular weight is 452 g/mol. The lowest BCUT2D eigenvalue weighted by atomic mass is 10.0. The maximum Gasteiger partial charge on any atom is 0.325 e. The number of fused-ring (bicyclic) bond motifs is 1. The first-order chi connectivity index (χ1) is 15.2. The van der Waals surface area contributed by atoms with Crippen molar-refractivity contribution in [1.29, 1.82) is 0 Å². The number of benzene rings is 2. The van der Waals surface area contributed by atoms with Gasteiger partial charge < -0.3 is 20.6 Å². The molecular formula is C23H21N3O5S. The van der Waals surface area contributed by atoms with Gasteiger partial charge in [-0.25, -0.2) is 8.42 Å². The van der Waals surface area contributed by atoms with E-state index in [4.69, 9.17) is 15.6 Å². The summed E-state index contributed by atoms with van der Waals surface area (Å²) >= 11 is 0. The van der Waals surface area contributed by atoms with Gasteiger partial charge >= 0.3 is 5.97 Å². The van der Waals surface area contributed by atoms with E-state index in [-0.39, 0.29) is 9.79 Å². The number of nitrogens with one attached hydrogen (secondary N) is 1. The van der Waals surface area contributed by atoms with Crippen LogP contribution in [0.25, 0.3) is 10.9 Å². The van der Waals surface area contributed by atoms with Gasteiger partial charge in [-0.15, -0.1) is 0 Å². The molecular weight excluding hydrogens is 430 g/mol. The van der Waals surface area contributed by atoms with Crippen LogP contribution in [0, 0.1) is 13.8 Å². The van der Waals surface area contributed by atoms with Gasteiger partial charge in [0.2, 0.25) is 9.84 Å². The second kappa shape index (κ2) is 8.10. The molecule has 0 aliphatic heterocycles. The van der Waals surface area contributed by atoms with Gasteiger partial charge in [0.05, 0.1) is 9.79 Å². The number of rotatable bonds is 6. The van der Waals surface area contributed by atoms with Crippen molar-refractivity contribution in [2.75, 3.05) is 0 Å². The van der Waals surface area contributed by atoms with Crippen LogP contribution in [0.2, 0.25) is 0 Å². The van der Waals surface area contributed by atoms with E-state index in [9.17, 15) is 13.2 Å². The number of carboxylic acids is 1. The summed E-state index contributed by atoms with van der Waals surface area (Å²) in [5.74, 6) is -0.108. The van der Waals surface area contributed by atoms with Gasteiger partial charge in [0.25, 0.3) is 0 Å². The molecule has 4 rings (SSSR count). The molecule has 0 amide bonds. The van der Waals surface area contributed by atoms with Crippen molar-refractivity contribution in [2.45, 2.75) is 29.7 Å². The normalized spacial score (nSPS) is 12.6. The van der Waals surface area contributed by atoms with Gasteiger partial charge in [0.1, 0.15) is 17.5 Å². The molecule has 1 atom stereocenters. The molecule has 0 bridgehead atoms. The van der Waals surface area contributed by atoms with E-state index < -0.39 is 21.8 Å². The quantitative estimate of drug-likeness (QED) is 0.405. The molecule has 8 nitrogen and oxygen atoms in total. The van der Waals surface area contributed by atoms with Crippen LogP contribution in [0.3, 0.4) is 0 Å². The van der Waals surface area contributed by atoms with Crippen molar-refractivity contribution < 1.29 is 23.1 Å². The highest BCUT2D eigenvalue weighted by Crippen LogP contribution is 2.35. The minimum Gasteiger partial charge on any atom is -0.480 e.